The van der Waals surface area contributed by atoms with E-state index in [1.165, 1.54) is 6.08 Å². The second kappa shape index (κ2) is 11.7. The van der Waals surface area contributed by atoms with Crippen molar-refractivity contribution in [2.45, 2.75) is 19.7 Å². The fourth-order valence-corrected chi connectivity index (χ4v) is 4.69. The maximum absolute atomic E-state index is 13.3. The number of urea groups is 1. The molecule has 3 aromatic carbocycles. The summed E-state index contributed by atoms with van der Waals surface area (Å²) in [4.78, 5) is 38.8. The van der Waals surface area contributed by atoms with E-state index < -0.39 is 40.8 Å². The molecular formula is C27H19ClF3IN2O5. The van der Waals surface area contributed by atoms with Crippen LogP contribution in [0.1, 0.15) is 23.6 Å². The highest BCUT2D eigenvalue weighted by Crippen LogP contribution is 2.38. The third-order valence-electron chi connectivity index (χ3n) is 5.48. The van der Waals surface area contributed by atoms with Crippen LogP contribution in [0.2, 0.25) is 5.02 Å². The lowest BCUT2D eigenvalue weighted by atomic mass is 10.1. The number of hydrogen-bond acceptors (Lipinski definition) is 5. The van der Waals surface area contributed by atoms with E-state index in [0.717, 1.165) is 17.7 Å². The molecule has 0 saturated carbocycles. The van der Waals surface area contributed by atoms with Crippen molar-refractivity contribution in [2.24, 2.45) is 0 Å². The molecule has 0 aliphatic carbocycles. The van der Waals surface area contributed by atoms with E-state index in [1.54, 1.807) is 19.1 Å². The Bertz CT molecular complexity index is 1480. The molecule has 4 amide bonds. The topological polar surface area (TPSA) is 84.9 Å². The van der Waals surface area contributed by atoms with Gasteiger partial charge in [0.05, 0.1) is 26.5 Å². The van der Waals surface area contributed by atoms with E-state index in [0.29, 0.717) is 38.2 Å². The minimum absolute atomic E-state index is 0.271. The van der Waals surface area contributed by atoms with E-state index in [2.05, 4.69) is 0 Å². The third kappa shape index (κ3) is 6.36. The number of ether oxygens (including phenoxy) is 2. The molecule has 0 atom stereocenters. The summed E-state index contributed by atoms with van der Waals surface area (Å²) >= 11 is 8.07. The number of barbiturate groups is 1. The first-order valence-electron chi connectivity index (χ1n) is 11.4. The van der Waals surface area contributed by atoms with Crippen molar-refractivity contribution in [1.82, 2.24) is 5.32 Å². The summed E-state index contributed by atoms with van der Waals surface area (Å²) in [6.07, 6.45) is -3.54. The van der Waals surface area contributed by atoms with Gasteiger partial charge in [0.25, 0.3) is 11.8 Å². The Morgan fingerprint density at radius 3 is 2.41 bits per heavy atom. The number of amides is 4. The van der Waals surface area contributed by atoms with Gasteiger partial charge in [-0.3, -0.25) is 14.9 Å². The molecule has 1 aliphatic rings. The normalized spacial score (nSPS) is 15.0. The second-order valence-electron chi connectivity index (χ2n) is 8.16. The zero-order valence-corrected chi connectivity index (χ0v) is 23.1. The highest BCUT2D eigenvalue weighted by molar-refractivity contribution is 14.1. The number of benzene rings is 3. The average molecular weight is 671 g/mol. The summed E-state index contributed by atoms with van der Waals surface area (Å²) in [5.74, 6) is -1.34. The fourth-order valence-electron chi connectivity index (χ4n) is 3.71. The smallest absolute Gasteiger partial charge is 0.416 e. The SMILES string of the molecule is CCOc1cc(/C=C2\C(=O)NC(=O)N(c3cc(C(F)(F)F)ccc3Cl)C2=O)cc(I)c1OCc1ccccc1. The van der Waals surface area contributed by atoms with Crippen LogP contribution in [-0.2, 0) is 22.4 Å². The number of nitrogens with zero attached hydrogens (tertiary/aromatic N) is 1. The van der Waals surface area contributed by atoms with Crippen molar-refractivity contribution in [3.05, 3.63) is 91.5 Å². The van der Waals surface area contributed by atoms with Crippen molar-refractivity contribution >= 4 is 63.8 Å². The van der Waals surface area contributed by atoms with Gasteiger partial charge in [-0.2, -0.15) is 13.2 Å². The van der Waals surface area contributed by atoms with Crippen LogP contribution < -0.4 is 19.7 Å². The number of halogens is 5. The third-order valence-corrected chi connectivity index (χ3v) is 6.61. The number of anilines is 1. The van der Waals surface area contributed by atoms with Crippen LogP contribution >= 0.6 is 34.2 Å². The van der Waals surface area contributed by atoms with E-state index in [9.17, 15) is 27.6 Å². The number of rotatable bonds is 7. The molecule has 0 bridgehead atoms. The summed E-state index contributed by atoms with van der Waals surface area (Å²) in [6, 6.07) is 13.6. The van der Waals surface area contributed by atoms with Crippen molar-refractivity contribution in [2.75, 3.05) is 11.5 Å². The van der Waals surface area contributed by atoms with E-state index in [1.807, 2.05) is 58.2 Å². The van der Waals surface area contributed by atoms with Crippen LogP contribution in [0.25, 0.3) is 6.08 Å². The minimum Gasteiger partial charge on any atom is -0.490 e. The minimum atomic E-state index is -4.75. The molecule has 1 fully saturated rings. The molecule has 1 heterocycles. The predicted octanol–water partition coefficient (Wildman–Crippen LogP) is 6.61. The van der Waals surface area contributed by atoms with Crippen molar-refractivity contribution in [3.63, 3.8) is 0 Å². The molecule has 0 aromatic heterocycles. The Morgan fingerprint density at radius 1 is 1.03 bits per heavy atom. The molecule has 12 heteroatoms. The highest BCUT2D eigenvalue weighted by atomic mass is 127. The maximum atomic E-state index is 13.3. The number of carbonyl (C=O) groups excluding carboxylic acids is 3. The van der Waals surface area contributed by atoms with Crippen molar-refractivity contribution < 1.29 is 37.0 Å². The first-order valence-corrected chi connectivity index (χ1v) is 12.9. The molecular weight excluding hydrogens is 652 g/mol. The molecule has 0 spiro atoms. The van der Waals surface area contributed by atoms with Crippen LogP contribution in [0.15, 0.2) is 66.2 Å². The Morgan fingerprint density at radius 2 is 1.74 bits per heavy atom. The number of alkyl halides is 3. The highest BCUT2D eigenvalue weighted by Gasteiger charge is 2.39. The lowest BCUT2D eigenvalue weighted by Crippen LogP contribution is -2.54. The standard InChI is InChI=1S/C27H19ClF3IN2O5/c1-2-38-22-12-16(11-20(32)23(22)39-14-15-6-4-3-5-7-15)10-18-24(35)33-26(37)34(25(18)36)21-13-17(27(29,30)31)8-9-19(21)28/h3-13H,2,14H2,1H3,(H,33,35,37)/b18-10+. The Labute approximate surface area is 239 Å². The molecule has 3 aromatic rings. The molecule has 7 nitrogen and oxygen atoms in total. The van der Waals surface area contributed by atoms with Gasteiger partial charge in [-0.1, -0.05) is 41.9 Å². The molecule has 0 radical (unpaired) electrons. The summed E-state index contributed by atoms with van der Waals surface area (Å²) in [5, 5.41) is 1.70. The van der Waals surface area contributed by atoms with Gasteiger partial charge in [0.15, 0.2) is 11.5 Å². The van der Waals surface area contributed by atoms with Gasteiger partial charge in [0.2, 0.25) is 0 Å². The number of hydrogen-bond donors (Lipinski definition) is 1. The monoisotopic (exact) mass is 670 g/mol. The first-order chi connectivity index (χ1) is 18.5. The largest absolute Gasteiger partial charge is 0.490 e. The van der Waals surface area contributed by atoms with Crippen LogP contribution in [0, 0.1) is 3.57 Å². The number of carbonyl (C=O) groups is 3. The van der Waals surface area contributed by atoms with Crippen LogP contribution in [0.3, 0.4) is 0 Å². The first kappa shape index (κ1) is 28.4. The maximum Gasteiger partial charge on any atom is 0.416 e. The molecule has 4 rings (SSSR count). The van der Waals surface area contributed by atoms with Crippen LogP contribution in [0.4, 0.5) is 23.7 Å². The molecule has 202 valence electrons. The van der Waals surface area contributed by atoms with E-state index >= 15 is 0 Å². The number of imide groups is 2. The molecule has 39 heavy (non-hydrogen) atoms. The van der Waals surface area contributed by atoms with Crippen molar-refractivity contribution in [3.8, 4) is 11.5 Å². The quantitative estimate of drug-likeness (QED) is 0.174. The fraction of sp³-hybridized carbons (Fsp3) is 0.148. The Balaban J connectivity index is 1.70. The Hall–Kier alpha value is -3.58. The summed E-state index contributed by atoms with van der Waals surface area (Å²) in [7, 11) is 0. The van der Waals surface area contributed by atoms with Crippen molar-refractivity contribution in [1.29, 1.82) is 0 Å². The van der Waals surface area contributed by atoms with Gasteiger partial charge < -0.3 is 9.47 Å². The zero-order chi connectivity index (χ0) is 28.3. The summed E-state index contributed by atoms with van der Waals surface area (Å²) in [5.41, 5.74) is -0.824. The summed E-state index contributed by atoms with van der Waals surface area (Å²) in [6.45, 7) is 2.35. The van der Waals surface area contributed by atoms with Gasteiger partial charge in [0, 0.05) is 0 Å². The lowest BCUT2D eigenvalue weighted by Gasteiger charge is -2.27. The predicted molar refractivity (Wildman–Crippen MR) is 147 cm³/mol. The summed E-state index contributed by atoms with van der Waals surface area (Å²) < 4.78 is 52.1. The lowest BCUT2D eigenvalue weighted by molar-refractivity contribution is -0.137. The Kier molecular flexibility index (Phi) is 8.50. The van der Waals surface area contributed by atoms with E-state index in [-0.39, 0.29) is 11.6 Å². The zero-order valence-electron chi connectivity index (χ0n) is 20.1. The van der Waals surface area contributed by atoms with Gasteiger partial charge in [-0.15, -0.1) is 0 Å². The molecule has 1 aliphatic heterocycles. The van der Waals surface area contributed by atoms with Gasteiger partial charge in [0.1, 0.15) is 12.2 Å². The average Bonchev–Trinajstić information content (AvgIpc) is 2.87. The molecule has 1 saturated heterocycles. The number of nitrogens with one attached hydrogen (secondary N) is 1. The van der Waals surface area contributed by atoms with Crippen LogP contribution in [0.5, 0.6) is 11.5 Å². The second-order valence-corrected chi connectivity index (χ2v) is 9.73. The van der Waals surface area contributed by atoms with Crippen LogP contribution in [-0.4, -0.2) is 24.5 Å². The van der Waals surface area contributed by atoms with E-state index in [4.69, 9.17) is 21.1 Å². The molecule has 0 unspecified atom stereocenters. The van der Waals surface area contributed by atoms with Gasteiger partial charge >= 0.3 is 12.2 Å². The van der Waals surface area contributed by atoms with Gasteiger partial charge in [-0.05, 0) is 77.0 Å². The van der Waals surface area contributed by atoms with Gasteiger partial charge in [-0.25, -0.2) is 9.69 Å². The molecule has 1 N–H and O–H groups in total.